The van der Waals surface area contributed by atoms with Gasteiger partial charge in [0.15, 0.2) is 0 Å². The molecule has 0 saturated carbocycles. The molecule has 0 aliphatic rings. The fourth-order valence-corrected chi connectivity index (χ4v) is 2.36. The minimum absolute atomic E-state index is 0.238. The zero-order chi connectivity index (χ0) is 14.5. The van der Waals surface area contributed by atoms with Crippen molar-refractivity contribution in [2.75, 3.05) is 6.54 Å². The van der Waals surface area contributed by atoms with Crippen molar-refractivity contribution < 1.29 is 0 Å². The molecule has 1 atom stereocenters. The number of aromatic nitrogens is 3. The summed E-state index contributed by atoms with van der Waals surface area (Å²) in [7, 11) is 0. The minimum atomic E-state index is 0.238. The van der Waals surface area contributed by atoms with Gasteiger partial charge in [-0.05, 0) is 30.2 Å². The number of hydrogen-bond donors (Lipinski definition) is 1. The van der Waals surface area contributed by atoms with Gasteiger partial charge in [-0.3, -0.25) is 0 Å². The van der Waals surface area contributed by atoms with E-state index >= 15 is 0 Å². The third-order valence-corrected chi connectivity index (χ3v) is 3.54. The fourth-order valence-electron chi connectivity index (χ4n) is 2.24. The molecule has 2 rings (SSSR count). The largest absolute Gasteiger partial charge is 0.330 e. The lowest BCUT2D eigenvalue weighted by molar-refractivity contribution is 0.459. The quantitative estimate of drug-likeness (QED) is 0.891. The van der Waals surface area contributed by atoms with E-state index in [0.717, 1.165) is 23.8 Å². The zero-order valence-corrected chi connectivity index (χ0v) is 12.7. The van der Waals surface area contributed by atoms with Crippen LogP contribution in [0, 0.1) is 5.92 Å². The molecule has 0 aliphatic heterocycles. The first kappa shape index (κ1) is 15.0. The number of rotatable bonds is 6. The third-order valence-electron chi connectivity index (χ3n) is 3.29. The van der Waals surface area contributed by atoms with Crippen molar-refractivity contribution in [3.63, 3.8) is 0 Å². The molecule has 1 heterocycles. The Morgan fingerprint density at radius 1 is 1.25 bits per heavy atom. The van der Waals surface area contributed by atoms with Crippen molar-refractivity contribution in [3.8, 4) is 0 Å². The molecule has 2 aromatic rings. The maximum atomic E-state index is 5.93. The first-order valence-corrected chi connectivity index (χ1v) is 7.30. The Kier molecular flexibility index (Phi) is 5.15. The van der Waals surface area contributed by atoms with Gasteiger partial charge in [-0.2, -0.15) is 5.10 Å². The average Bonchev–Trinajstić information content (AvgIpc) is 2.83. The van der Waals surface area contributed by atoms with E-state index in [1.54, 1.807) is 6.33 Å². The maximum absolute atomic E-state index is 5.93. The van der Waals surface area contributed by atoms with Gasteiger partial charge in [0, 0.05) is 23.9 Å². The summed E-state index contributed by atoms with van der Waals surface area (Å²) in [5, 5.41) is 5.04. The predicted molar refractivity (Wildman–Crippen MR) is 81.8 cm³/mol. The number of benzene rings is 1. The van der Waals surface area contributed by atoms with Crippen LogP contribution in [0.1, 0.15) is 31.2 Å². The third kappa shape index (κ3) is 3.81. The molecule has 1 aromatic heterocycles. The Morgan fingerprint density at radius 3 is 2.55 bits per heavy atom. The van der Waals surface area contributed by atoms with Crippen LogP contribution in [0.2, 0.25) is 5.02 Å². The highest BCUT2D eigenvalue weighted by Gasteiger charge is 2.15. The van der Waals surface area contributed by atoms with Crippen LogP contribution in [0.3, 0.4) is 0 Å². The Morgan fingerprint density at radius 2 is 1.95 bits per heavy atom. The van der Waals surface area contributed by atoms with Crippen LogP contribution in [0.4, 0.5) is 0 Å². The van der Waals surface area contributed by atoms with Gasteiger partial charge in [-0.15, -0.1) is 0 Å². The second-order valence-electron chi connectivity index (χ2n) is 5.44. The van der Waals surface area contributed by atoms with Gasteiger partial charge in [0.25, 0.3) is 0 Å². The molecule has 0 fully saturated rings. The van der Waals surface area contributed by atoms with Crippen LogP contribution in [0.25, 0.3) is 0 Å². The van der Waals surface area contributed by atoms with Crippen LogP contribution in [0.15, 0.2) is 30.6 Å². The molecule has 5 heteroatoms. The van der Waals surface area contributed by atoms with E-state index in [4.69, 9.17) is 17.3 Å². The van der Waals surface area contributed by atoms with Crippen molar-refractivity contribution in [1.29, 1.82) is 0 Å². The summed E-state index contributed by atoms with van der Waals surface area (Å²) in [6, 6.07) is 7.86. The molecule has 1 aromatic carbocycles. The lowest BCUT2D eigenvalue weighted by atomic mass is 9.95. The van der Waals surface area contributed by atoms with Gasteiger partial charge >= 0.3 is 0 Å². The van der Waals surface area contributed by atoms with Crippen LogP contribution < -0.4 is 5.73 Å². The first-order valence-electron chi connectivity index (χ1n) is 6.92. The number of hydrogen-bond acceptors (Lipinski definition) is 3. The summed E-state index contributed by atoms with van der Waals surface area (Å²) in [4.78, 5) is 4.37. The van der Waals surface area contributed by atoms with Gasteiger partial charge in [0.2, 0.25) is 0 Å². The van der Waals surface area contributed by atoms with Crippen molar-refractivity contribution >= 4 is 11.6 Å². The summed E-state index contributed by atoms with van der Waals surface area (Å²) in [6.07, 6.45) is 2.41. The van der Waals surface area contributed by atoms with Gasteiger partial charge in [0.1, 0.15) is 12.2 Å². The molecule has 0 aliphatic carbocycles. The van der Waals surface area contributed by atoms with E-state index in [-0.39, 0.29) is 5.92 Å². The van der Waals surface area contributed by atoms with Crippen LogP contribution >= 0.6 is 11.6 Å². The molecular formula is C15H21ClN4. The second kappa shape index (κ2) is 6.86. The van der Waals surface area contributed by atoms with Crippen molar-refractivity contribution in [3.05, 3.63) is 47.0 Å². The summed E-state index contributed by atoms with van der Waals surface area (Å²) >= 11 is 5.93. The molecule has 0 saturated heterocycles. The van der Waals surface area contributed by atoms with E-state index in [1.165, 1.54) is 5.56 Å². The maximum Gasteiger partial charge on any atom is 0.138 e. The lowest BCUT2D eigenvalue weighted by Gasteiger charge is -2.16. The normalized spacial score (nSPS) is 12.8. The van der Waals surface area contributed by atoms with Gasteiger partial charge in [-0.25, -0.2) is 9.67 Å². The number of nitrogens with zero attached hydrogens (tertiary/aromatic N) is 3. The number of halogens is 1. The second-order valence-corrected chi connectivity index (χ2v) is 5.88. The van der Waals surface area contributed by atoms with E-state index in [1.807, 2.05) is 28.9 Å². The minimum Gasteiger partial charge on any atom is -0.330 e. The summed E-state index contributed by atoms with van der Waals surface area (Å²) < 4.78 is 1.98. The van der Waals surface area contributed by atoms with Crippen molar-refractivity contribution in [2.45, 2.75) is 32.7 Å². The predicted octanol–water partition coefficient (Wildman–Crippen LogP) is 2.87. The van der Waals surface area contributed by atoms with Gasteiger partial charge in [-0.1, -0.05) is 37.6 Å². The fraction of sp³-hybridized carbons (Fsp3) is 0.467. The van der Waals surface area contributed by atoms with Crippen LogP contribution in [-0.2, 0) is 13.0 Å². The summed E-state index contributed by atoms with van der Waals surface area (Å²) in [6.45, 7) is 5.81. The topological polar surface area (TPSA) is 56.7 Å². The lowest BCUT2D eigenvalue weighted by Crippen LogP contribution is -2.19. The van der Waals surface area contributed by atoms with Gasteiger partial charge < -0.3 is 5.73 Å². The highest BCUT2D eigenvalue weighted by Crippen LogP contribution is 2.21. The molecule has 0 spiro atoms. The van der Waals surface area contributed by atoms with E-state index < -0.39 is 0 Å². The van der Waals surface area contributed by atoms with Gasteiger partial charge in [0.05, 0.1) is 0 Å². The van der Waals surface area contributed by atoms with Crippen LogP contribution in [0.5, 0.6) is 0 Å². The van der Waals surface area contributed by atoms with Crippen molar-refractivity contribution in [2.24, 2.45) is 11.7 Å². The molecule has 0 bridgehead atoms. The summed E-state index contributed by atoms with van der Waals surface area (Å²) in [5.74, 6) is 1.77. The molecule has 0 radical (unpaired) electrons. The molecule has 2 N–H and O–H groups in total. The average molecular weight is 293 g/mol. The molecule has 0 amide bonds. The highest BCUT2D eigenvalue weighted by molar-refractivity contribution is 6.30. The molecule has 4 nitrogen and oxygen atoms in total. The van der Waals surface area contributed by atoms with E-state index in [2.05, 4.69) is 23.9 Å². The Balaban J connectivity index is 2.14. The van der Waals surface area contributed by atoms with Crippen molar-refractivity contribution in [1.82, 2.24) is 14.8 Å². The molecular weight excluding hydrogens is 272 g/mol. The molecule has 108 valence electrons. The monoisotopic (exact) mass is 292 g/mol. The SMILES string of the molecule is CC(C)Cn1ncnc1CC(CN)c1ccc(Cl)cc1. The number of nitrogens with two attached hydrogens (primary N) is 1. The first-order chi connectivity index (χ1) is 9.60. The smallest absolute Gasteiger partial charge is 0.138 e. The molecule has 1 unspecified atom stereocenters. The highest BCUT2D eigenvalue weighted by atomic mass is 35.5. The Labute approximate surface area is 125 Å². The molecule has 20 heavy (non-hydrogen) atoms. The van der Waals surface area contributed by atoms with Crippen LogP contribution in [-0.4, -0.2) is 21.3 Å². The van der Waals surface area contributed by atoms with E-state index in [9.17, 15) is 0 Å². The Bertz CT molecular complexity index is 533. The Hall–Kier alpha value is -1.39. The summed E-state index contributed by atoms with van der Waals surface area (Å²) in [5.41, 5.74) is 7.11. The standard InChI is InChI=1S/C15H21ClN4/c1-11(2)9-20-15(18-10-19-20)7-13(8-17)12-3-5-14(16)6-4-12/h3-6,10-11,13H,7-9,17H2,1-2H3. The van der Waals surface area contributed by atoms with E-state index in [0.29, 0.717) is 12.5 Å². The zero-order valence-electron chi connectivity index (χ0n) is 12.0.